The van der Waals surface area contributed by atoms with Crippen molar-refractivity contribution < 1.29 is 9.53 Å². The van der Waals surface area contributed by atoms with E-state index in [9.17, 15) is 9.59 Å². The van der Waals surface area contributed by atoms with E-state index in [1.807, 2.05) is 60.1 Å². The molecule has 0 spiro atoms. The molecule has 1 amide bonds. The summed E-state index contributed by atoms with van der Waals surface area (Å²) in [4.78, 5) is 29.7. The van der Waals surface area contributed by atoms with Gasteiger partial charge in [-0.15, -0.1) is 0 Å². The zero-order chi connectivity index (χ0) is 22.7. The Morgan fingerprint density at radius 1 is 1.22 bits per heavy atom. The van der Waals surface area contributed by atoms with Crippen molar-refractivity contribution in [2.45, 2.75) is 37.4 Å². The molecule has 2 heterocycles. The molecule has 1 aliphatic rings. The van der Waals surface area contributed by atoms with Crippen molar-refractivity contribution in [3.8, 4) is 5.75 Å². The van der Waals surface area contributed by atoms with Gasteiger partial charge in [0.2, 0.25) is 5.91 Å². The third-order valence-electron chi connectivity index (χ3n) is 5.31. The Labute approximate surface area is 196 Å². The van der Waals surface area contributed by atoms with Gasteiger partial charge in [-0.25, -0.2) is 0 Å². The van der Waals surface area contributed by atoms with Crippen LogP contribution >= 0.6 is 23.4 Å². The van der Waals surface area contributed by atoms with Gasteiger partial charge in [0.05, 0.1) is 5.56 Å². The van der Waals surface area contributed by atoms with E-state index in [0.717, 1.165) is 23.3 Å². The van der Waals surface area contributed by atoms with Crippen LogP contribution < -0.4 is 15.6 Å². The number of rotatable bonds is 7. The van der Waals surface area contributed by atoms with Crippen LogP contribution in [-0.4, -0.2) is 21.2 Å². The lowest BCUT2D eigenvalue weighted by molar-refractivity contribution is -0.116. The average Bonchev–Trinajstić information content (AvgIpc) is 2.79. The number of halogens is 1. The van der Waals surface area contributed by atoms with Gasteiger partial charge in [-0.2, -0.15) is 4.98 Å². The van der Waals surface area contributed by atoms with Crippen LogP contribution in [0.2, 0.25) is 5.02 Å². The van der Waals surface area contributed by atoms with Gasteiger partial charge in [-0.1, -0.05) is 54.6 Å². The molecule has 0 bridgehead atoms. The Kier molecular flexibility index (Phi) is 6.86. The number of aromatic nitrogens is 2. The van der Waals surface area contributed by atoms with Crippen LogP contribution in [0.3, 0.4) is 0 Å². The maximum Gasteiger partial charge on any atom is 0.279 e. The molecule has 0 fully saturated rings. The molecule has 1 aliphatic heterocycles. The molecule has 3 aromatic rings. The van der Waals surface area contributed by atoms with Gasteiger partial charge in [0.25, 0.3) is 5.56 Å². The Morgan fingerprint density at radius 2 is 2.00 bits per heavy atom. The van der Waals surface area contributed by atoms with Crippen LogP contribution in [0.4, 0.5) is 5.82 Å². The molecule has 0 saturated heterocycles. The Morgan fingerprint density at radius 3 is 2.72 bits per heavy atom. The van der Waals surface area contributed by atoms with E-state index in [2.05, 4.69) is 17.2 Å². The van der Waals surface area contributed by atoms with Crippen molar-refractivity contribution in [3.63, 3.8) is 0 Å². The molecule has 1 unspecified atom stereocenters. The molecule has 166 valence electrons. The second kappa shape index (κ2) is 9.79. The van der Waals surface area contributed by atoms with Crippen molar-refractivity contribution in [2.24, 2.45) is 7.05 Å². The summed E-state index contributed by atoms with van der Waals surface area (Å²) in [7, 11) is 1.83. The largest absolute Gasteiger partial charge is 0.489 e. The number of ether oxygens (including phenoxy) is 1. The van der Waals surface area contributed by atoms with Gasteiger partial charge in [-0.3, -0.25) is 9.59 Å². The minimum absolute atomic E-state index is 0.114. The quantitative estimate of drug-likeness (QED) is 0.390. The summed E-state index contributed by atoms with van der Waals surface area (Å²) in [6.07, 6.45) is 1.17. The average molecular weight is 470 g/mol. The molecule has 0 saturated carbocycles. The fraction of sp³-hybridized carbons (Fsp3) is 0.292. The minimum Gasteiger partial charge on any atom is -0.489 e. The summed E-state index contributed by atoms with van der Waals surface area (Å²) in [6, 6.07) is 15.0. The number of nitrogens with one attached hydrogen (secondary N) is 1. The zero-order valence-corrected chi connectivity index (χ0v) is 19.5. The van der Waals surface area contributed by atoms with E-state index in [4.69, 9.17) is 16.3 Å². The molecule has 1 atom stereocenters. The predicted molar refractivity (Wildman–Crippen MR) is 128 cm³/mol. The van der Waals surface area contributed by atoms with Crippen molar-refractivity contribution in [1.29, 1.82) is 0 Å². The normalized spacial score (nSPS) is 15.2. The Bertz CT molecular complexity index is 1190. The van der Waals surface area contributed by atoms with Crippen LogP contribution in [0.25, 0.3) is 0 Å². The van der Waals surface area contributed by atoms with Crippen LogP contribution in [0.5, 0.6) is 5.75 Å². The summed E-state index contributed by atoms with van der Waals surface area (Å²) in [5.41, 5.74) is 2.10. The first-order chi connectivity index (χ1) is 15.5. The van der Waals surface area contributed by atoms with Crippen molar-refractivity contribution in [1.82, 2.24) is 9.55 Å². The SMILES string of the molecule is CCCSc1nc(=O)c2c(n1C)NC(=O)CC2c1ccc(OCc2cccc(Cl)c2)cc1. The maximum absolute atomic E-state index is 12.9. The summed E-state index contributed by atoms with van der Waals surface area (Å²) in [5, 5.41) is 4.16. The number of nitrogens with zero attached hydrogens (tertiary/aromatic N) is 2. The monoisotopic (exact) mass is 469 g/mol. The molecule has 0 aliphatic carbocycles. The highest BCUT2D eigenvalue weighted by molar-refractivity contribution is 7.99. The van der Waals surface area contributed by atoms with E-state index < -0.39 is 0 Å². The van der Waals surface area contributed by atoms with E-state index >= 15 is 0 Å². The van der Waals surface area contributed by atoms with Gasteiger partial charge < -0.3 is 14.6 Å². The zero-order valence-electron chi connectivity index (χ0n) is 17.9. The summed E-state index contributed by atoms with van der Waals surface area (Å²) in [5.74, 6) is 1.62. The van der Waals surface area contributed by atoms with Gasteiger partial charge in [-0.05, 0) is 41.8 Å². The number of anilines is 1. The molecule has 1 N–H and O–H groups in total. The molecular weight excluding hydrogens is 446 g/mol. The number of amides is 1. The lowest BCUT2D eigenvalue weighted by Crippen LogP contribution is -2.33. The van der Waals surface area contributed by atoms with Gasteiger partial charge >= 0.3 is 0 Å². The fourth-order valence-electron chi connectivity index (χ4n) is 3.73. The Balaban J connectivity index is 1.58. The number of benzene rings is 2. The van der Waals surface area contributed by atoms with E-state index in [1.54, 1.807) is 0 Å². The van der Waals surface area contributed by atoms with Crippen LogP contribution in [0.1, 0.15) is 42.4 Å². The van der Waals surface area contributed by atoms with E-state index in [-0.39, 0.29) is 23.8 Å². The molecule has 1 aromatic heterocycles. The molecule has 6 nitrogen and oxygen atoms in total. The summed E-state index contributed by atoms with van der Waals surface area (Å²) >= 11 is 7.54. The molecular formula is C24H24ClN3O3S. The fourth-order valence-corrected chi connectivity index (χ4v) is 4.76. The first-order valence-corrected chi connectivity index (χ1v) is 11.8. The first-order valence-electron chi connectivity index (χ1n) is 10.5. The number of fused-ring (bicyclic) bond motifs is 1. The highest BCUT2D eigenvalue weighted by Crippen LogP contribution is 2.36. The number of hydrogen-bond donors (Lipinski definition) is 1. The van der Waals surface area contributed by atoms with Crippen molar-refractivity contribution >= 4 is 35.1 Å². The lowest BCUT2D eigenvalue weighted by Gasteiger charge is -2.27. The summed E-state index contributed by atoms with van der Waals surface area (Å²) < 4.78 is 7.67. The van der Waals surface area contributed by atoms with Crippen LogP contribution in [-0.2, 0) is 18.4 Å². The number of hydrogen-bond acceptors (Lipinski definition) is 5. The number of carbonyl (C=O) groups is 1. The summed E-state index contributed by atoms with van der Waals surface area (Å²) in [6.45, 7) is 2.47. The molecule has 32 heavy (non-hydrogen) atoms. The van der Waals surface area contributed by atoms with Crippen LogP contribution in [0.15, 0.2) is 58.5 Å². The first kappa shape index (κ1) is 22.4. The lowest BCUT2D eigenvalue weighted by atomic mass is 9.87. The standard InChI is InChI=1S/C24H24ClN3O3S/c1-3-11-32-24-27-23(30)21-19(13-20(29)26-22(21)28(24)2)16-7-9-18(10-8-16)31-14-15-5-4-6-17(25)12-15/h4-10,12,19H,3,11,13-14H2,1-2H3,(H,26,29). The van der Waals surface area contributed by atoms with Gasteiger partial charge in [0.15, 0.2) is 5.16 Å². The highest BCUT2D eigenvalue weighted by atomic mass is 35.5. The predicted octanol–water partition coefficient (Wildman–Crippen LogP) is 4.99. The second-order valence-corrected chi connectivity index (χ2v) is 9.16. The topological polar surface area (TPSA) is 73.2 Å². The maximum atomic E-state index is 12.9. The highest BCUT2D eigenvalue weighted by Gasteiger charge is 2.32. The van der Waals surface area contributed by atoms with Crippen molar-refractivity contribution in [3.05, 3.63) is 80.6 Å². The van der Waals surface area contributed by atoms with E-state index in [0.29, 0.717) is 33.9 Å². The third-order valence-corrected chi connectivity index (χ3v) is 6.78. The van der Waals surface area contributed by atoms with E-state index in [1.165, 1.54) is 11.8 Å². The molecule has 2 aromatic carbocycles. The molecule has 8 heteroatoms. The second-order valence-electron chi connectivity index (χ2n) is 7.66. The van der Waals surface area contributed by atoms with Gasteiger partial charge in [0.1, 0.15) is 18.2 Å². The minimum atomic E-state index is -0.350. The van der Waals surface area contributed by atoms with Gasteiger partial charge in [0, 0.05) is 30.2 Å². The molecule has 0 radical (unpaired) electrons. The number of carbonyl (C=O) groups excluding carboxylic acids is 1. The Hall–Kier alpha value is -2.77. The third kappa shape index (κ3) is 4.84. The smallest absolute Gasteiger partial charge is 0.279 e. The van der Waals surface area contributed by atoms with Crippen molar-refractivity contribution in [2.75, 3.05) is 11.1 Å². The number of thioether (sulfide) groups is 1. The molecule has 4 rings (SSSR count). The van der Waals surface area contributed by atoms with Crippen LogP contribution in [0, 0.1) is 0 Å².